The Morgan fingerprint density at radius 3 is 2.07 bits per heavy atom. The number of carbonyl (C=O) groups is 1. The highest BCUT2D eigenvalue weighted by Gasteiger charge is 2.22. The topological polar surface area (TPSA) is 55.1 Å². The van der Waals surface area contributed by atoms with Gasteiger partial charge in [0.2, 0.25) is 0 Å². The third-order valence-electron chi connectivity index (χ3n) is 4.81. The van der Waals surface area contributed by atoms with E-state index < -0.39 is 5.97 Å². The van der Waals surface area contributed by atoms with Gasteiger partial charge in [0.05, 0.1) is 22.6 Å². The van der Waals surface area contributed by atoms with E-state index in [0.717, 1.165) is 34.4 Å². The molecule has 3 aromatic carbocycles. The summed E-state index contributed by atoms with van der Waals surface area (Å²) in [6.45, 7) is 2.07. The Bertz CT molecular complexity index is 1050. The number of rotatable bonds is 5. The summed E-state index contributed by atoms with van der Waals surface area (Å²) in [4.78, 5) is 16.3. The number of hydrogen-bond donors (Lipinski definition) is 1. The smallest absolute Gasteiger partial charge is 0.335 e. The molecule has 0 saturated heterocycles. The fraction of sp³-hybridized carbons (Fsp3) is 0.130. The zero-order valence-electron chi connectivity index (χ0n) is 15.0. The first-order valence-corrected chi connectivity index (χ1v) is 9.03. The molecule has 0 atom stereocenters. The third-order valence-corrected chi connectivity index (χ3v) is 4.81. The molecule has 4 heteroatoms. The molecular weight excluding hydrogens is 336 g/mol. The molecule has 4 nitrogen and oxygen atoms in total. The van der Waals surface area contributed by atoms with Gasteiger partial charge in [0.1, 0.15) is 5.82 Å². The Morgan fingerprint density at radius 2 is 1.56 bits per heavy atom. The van der Waals surface area contributed by atoms with Gasteiger partial charge >= 0.3 is 5.97 Å². The molecule has 4 rings (SSSR count). The van der Waals surface area contributed by atoms with Gasteiger partial charge in [0.15, 0.2) is 0 Å². The van der Waals surface area contributed by atoms with Crippen LogP contribution in [-0.4, -0.2) is 20.6 Å². The predicted molar refractivity (Wildman–Crippen MR) is 106 cm³/mol. The lowest BCUT2D eigenvalue weighted by atomic mass is 9.98. The van der Waals surface area contributed by atoms with Crippen molar-refractivity contribution in [1.82, 2.24) is 9.55 Å². The van der Waals surface area contributed by atoms with E-state index in [1.54, 1.807) is 18.2 Å². The van der Waals surface area contributed by atoms with Gasteiger partial charge in [-0.25, -0.2) is 9.78 Å². The number of benzene rings is 3. The summed E-state index contributed by atoms with van der Waals surface area (Å²) in [6.07, 6.45) is 0.757. The molecule has 0 aliphatic heterocycles. The van der Waals surface area contributed by atoms with Gasteiger partial charge in [0, 0.05) is 6.42 Å². The van der Waals surface area contributed by atoms with Gasteiger partial charge in [-0.05, 0) is 29.3 Å². The number of carboxylic acid groups (broad SMARTS) is 1. The highest BCUT2D eigenvalue weighted by atomic mass is 16.4. The van der Waals surface area contributed by atoms with Crippen LogP contribution in [0, 0.1) is 0 Å². The lowest BCUT2D eigenvalue weighted by Gasteiger charge is -2.23. The summed E-state index contributed by atoms with van der Waals surface area (Å²) < 4.78 is 2.17. The maximum Gasteiger partial charge on any atom is 0.335 e. The molecule has 27 heavy (non-hydrogen) atoms. The van der Waals surface area contributed by atoms with E-state index in [9.17, 15) is 9.90 Å². The zero-order chi connectivity index (χ0) is 18.8. The molecule has 134 valence electrons. The molecule has 1 N–H and O–H groups in total. The van der Waals surface area contributed by atoms with Gasteiger partial charge in [-0.15, -0.1) is 0 Å². The highest BCUT2D eigenvalue weighted by Crippen LogP contribution is 2.32. The quantitative estimate of drug-likeness (QED) is 0.551. The van der Waals surface area contributed by atoms with Crippen LogP contribution in [0.5, 0.6) is 0 Å². The number of hydrogen-bond acceptors (Lipinski definition) is 2. The first-order chi connectivity index (χ1) is 13.2. The second-order valence-electron chi connectivity index (χ2n) is 6.48. The second-order valence-corrected chi connectivity index (χ2v) is 6.48. The summed E-state index contributed by atoms with van der Waals surface area (Å²) in [5.74, 6) is 0.00363. The van der Waals surface area contributed by atoms with Gasteiger partial charge in [-0.1, -0.05) is 67.6 Å². The lowest BCUT2D eigenvalue weighted by molar-refractivity contribution is 0.0697. The maximum atomic E-state index is 11.5. The van der Waals surface area contributed by atoms with Crippen molar-refractivity contribution in [3.05, 3.63) is 101 Å². The van der Waals surface area contributed by atoms with Crippen molar-refractivity contribution in [2.45, 2.75) is 19.4 Å². The minimum absolute atomic E-state index is 0.0728. The van der Waals surface area contributed by atoms with Crippen LogP contribution in [0.2, 0.25) is 0 Å². The van der Waals surface area contributed by atoms with Crippen molar-refractivity contribution in [2.24, 2.45) is 0 Å². The summed E-state index contributed by atoms with van der Waals surface area (Å²) in [5.41, 5.74) is 4.20. The molecule has 0 fully saturated rings. The van der Waals surface area contributed by atoms with Crippen LogP contribution in [0.3, 0.4) is 0 Å². The number of aromatic nitrogens is 2. The van der Waals surface area contributed by atoms with Crippen molar-refractivity contribution < 1.29 is 9.90 Å². The predicted octanol–water partition coefficient (Wildman–Crippen LogP) is 4.93. The Hall–Kier alpha value is -3.40. The average Bonchev–Trinajstić information content (AvgIpc) is 3.07. The van der Waals surface area contributed by atoms with Crippen LogP contribution in [0.15, 0.2) is 78.9 Å². The highest BCUT2D eigenvalue weighted by molar-refractivity contribution is 5.92. The Labute approximate surface area is 157 Å². The molecular formula is C23H20N2O2. The normalized spacial score (nSPS) is 11.2. The molecule has 4 aromatic rings. The number of imidazole rings is 1. The summed E-state index contributed by atoms with van der Waals surface area (Å²) in [7, 11) is 0. The molecule has 0 aliphatic rings. The largest absolute Gasteiger partial charge is 0.478 e. The van der Waals surface area contributed by atoms with Gasteiger partial charge < -0.3 is 9.67 Å². The number of fused-ring (bicyclic) bond motifs is 1. The number of aromatic carboxylic acids is 1. The molecule has 0 radical (unpaired) electrons. The van der Waals surface area contributed by atoms with E-state index >= 15 is 0 Å². The van der Waals surface area contributed by atoms with Crippen LogP contribution in [0.25, 0.3) is 11.0 Å². The summed E-state index contributed by atoms with van der Waals surface area (Å²) in [5, 5.41) is 9.44. The van der Waals surface area contributed by atoms with E-state index in [0.29, 0.717) is 0 Å². The van der Waals surface area contributed by atoms with Crippen LogP contribution in [0.1, 0.15) is 40.3 Å². The second kappa shape index (κ2) is 7.08. The average molecular weight is 356 g/mol. The van der Waals surface area contributed by atoms with Crippen molar-refractivity contribution in [2.75, 3.05) is 0 Å². The zero-order valence-corrected chi connectivity index (χ0v) is 15.0. The first kappa shape index (κ1) is 17.0. The molecule has 0 saturated carbocycles. The molecule has 0 bridgehead atoms. The third kappa shape index (κ3) is 3.10. The van der Waals surface area contributed by atoms with Crippen molar-refractivity contribution in [3.8, 4) is 0 Å². The molecule has 1 aromatic heterocycles. The summed E-state index contributed by atoms with van der Waals surface area (Å²) >= 11 is 0. The SMILES string of the molecule is CCc1nc2ccc(C(=O)O)cc2n1C(c1ccccc1)c1ccccc1. The Morgan fingerprint density at radius 1 is 0.963 bits per heavy atom. The molecule has 0 unspecified atom stereocenters. The van der Waals surface area contributed by atoms with E-state index in [4.69, 9.17) is 4.98 Å². The minimum Gasteiger partial charge on any atom is -0.478 e. The Kier molecular flexibility index (Phi) is 4.47. The van der Waals surface area contributed by atoms with Crippen LogP contribution in [-0.2, 0) is 6.42 Å². The van der Waals surface area contributed by atoms with Gasteiger partial charge in [-0.2, -0.15) is 0 Å². The van der Waals surface area contributed by atoms with E-state index in [1.807, 2.05) is 36.4 Å². The molecule has 1 heterocycles. The van der Waals surface area contributed by atoms with Gasteiger partial charge in [-0.3, -0.25) is 0 Å². The van der Waals surface area contributed by atoms with E-state index in [-0.39, 0.29) is 11.6 Å². The molecule has 0 spiro atoms. The van der Waals surface area contributed by atoms with Crippen molar-refractivity contribution >= 4 is 17.0 Å². The van der Waals surface area contributed by atoms with Crippen LogP contribution in [0.4, 0.5) is 0 Å². The van der Waals surface area contributed by atoms with E-state index in [1.165, 1.54) is 0 Å². The monoisotopic (exact) mass is 356 g/mol. The maximum absolute atomic E-state index is 11.5. The Balaban J connectivity index is 2.03. The van der Waals surface area contributed by atoms with Crippen molar-refractivity contribution in [3.63, 3.8) is 0 Å². The van der Waals surface area contributed by atoms with Gasteiger partial charge in [0.25, 0.3) is 0 Å². The fourth-order valence-corrected chi connectivity index (χ4v) is 3.57. The minimum atomic E-state index is -0.932. The first-order valence-electron chi connectivity index (χ1n) is 9.03. The van der Waals surface area contributed by atoms with Crippen LogP contribution >= 0.6 is 0 Å². The number of carboxylic acids is 1. The fourth-order valence-electron chi connectivity index (χ4n) is 3.57. The van der Waals surface area contributed by atoms with Crippen LogP contribution < -0.4 is 0 Å². The number of aryl methyl sites for hydroxylation is 1. The number of nitrogens with zero attached hydrogens (tertiary/aromatic N) is 2. The lowest BCUT2D eigenvalue weighted by Crippen LogP contribution is -2.15. The standard InChI is InChI=1S/C23H20N2O2/c1-2-21-24-19-14-13-18(23(26)27)15-20(19)25(21)22(16-9-5-3-6-10-16)17-11-7-4-8-12-17/h3-15,22H,2H2,1H3,(H,26,27). The van der Waals surface area contributed by atoms with E-state index in [2.05, 4.69) is 35.8 Å². The molecule has 0 aliphatic carbocycles. The molecule has 0 amide bonds. The van der Waals surface area contributed by atoms with Crippen molar-refractivity contribution in [1.29, 1.82) is 0 Å². The summed E-state index contributed by atoms with van der Waals surface area (Å²) in [6, 6.07) is 25.6.